The molecule has 2 aromatic heterocycles. The van der Waals surface area contributed by atoms with E-state index in [0.717, 1.165) is 9.09 Å². The molecule has 0 unspecified atom stereocenters. The van der Waals surface area contributed by atoms with Crippen molar-refractivity contribution < 1.29 is 37.3 Å². The van der Waals surface area contributed by atoms with Crippen LogP contribution >= 0.6 is 126 Å². The van der Waals surface area contributed by atoms with Gasteiger partial charge in [-0.25, -0.2) is 16.8 Å². The first kappa shape index (κ1) is 86.4. The van der Waals surface area contributed by atoms with Gasteiger partial charge in [0.1, 0.15) is 11.4 Å². The molecule has 4 heterocycles. The normalized spacial score (nSPS) is 12.6. The maximum atomic E-state index is 11.8. The van der Waals surface area contributed by atoms with Crippen LogP contribution in [0, 0.1) is 6.92 Å². The molecule has 0 spiro atoms. The van der Waals surface area contributed by atoms with Gasteiger partial charge in [-0.3, -0.25) is 0 Å². The first-order valence-corrected chi connectivity index (χ1v) is 48.9. The van der Waals surface area contributed by atoms with E-state index >= 15 is 0 Å². The van der Waals surface area contributed by atoms with Crippen molar-refractivity contribution in [1.29, 1.82) is 0 Å². The van der Waals surface area contributed by atoms with E-state index in [2.05, 4.69) is 437 Å². The standard InChI is InChI=1S/4C18H15P.C9H7BrO2S3.C6H8S2.C4H2Br2O2S.Pd/c4*1-4-10-16(11-5-1)19(17-12-6-2-7-13-17)18-14-8-3-9-15-18;1-13-9-5-2-6(14-9)7-3-4-8(10)15(7,11)12;1-5-3-4-6(7-2)8-5;5-3-1-2-4(6)9(3,7)8;/h4*1-15H;2-5H,1H3;3-4H,1-2H3;1-2H;. The number of aryl methyl sites for hydroxylation is 1. The third-order valence-corrected chi connectivity index (χ3v) is 37.6. The Morgan fingerprint density at radius 3 is 0.569 bits per heavy atom. The van der Waals surface area contributed by atoms with E-state index in [1.807, 2.05) is 41.5 Å². The minimum Gasteiger partial charge on any atom is -0.218 e. The summed E-state index contributed by atoms with van der Waals surface area (Å²) in [6, 6.07) is 137. The zero-order chi connectivity index (χ0) is 75.8. The molecule has 0 amide bonds. The Bertz CT molecular complexity index is 4490. The zero-order valence-corrected chi connectivity index (χ0v) is 74.4. The van der Waals surface area contributed by atoms with E-state index in [4.69, 9.17) is 0 Å². The molecular weight excluding hydrogens is 1820 g/mol. The number of thioether (sulfide) groups is 2. The van der Waals surface area contributed by atoms with Gasteiger partial charge >= 0.3 is 0 Å². The Labute approximate surface area is 705 Å². The van der Waals surface area contributed by atoms with E-state index in [0.29, 0.717) is 4.91 Å². The molecule has 14 aromatic rings. The van der Waals surface area contributed by atoms with Crippen LogP contribution in [0.1, 0.15) is 9.75 Å². The van der Waals surface area contributed by atoms with E-state index < -0.39 is 51.4 Å². The molecule has 4 nitrogen and oxygen atoms in total. The molecule has 18 heteroatoms. The molecule has 2 aliphatic rings. The van der Waals surface area contributed by atoms with Gasteiger partial charge in [0.25, 0.3) is 0 Å². The van der Waals surface area contributed by atoms with Gasteiger partial charge in [-0.2, -0.15) is 0 Å². The fourth-order valence-corrected chi connectivity index (χ4v) is 27.8. The predicted molar refractivity (Wildman–Crippen MR) is 494 cm³/mol. The van der Waals surface area contributed by atoms with Gasteiger partial charge in [0.15, 0.2) is 0 Å². The summed E-state index contributed by atoms with van der Waals surface area (Å²) in [4.78, 5) is 2.58. The molecule has 0 radical (unpaired) electrons. The minimum absolute atomic E-state index is 0. The predicted octanol–water partition coefficient (Wildman–Crippen LogP) is 21.9. The zero-order valence-electron chi connectivity index (χ0n) is 59.6. The molecule has 0 aliphatic carbocycles. The summed E-state index contributed by atoms with van der Waals surface area (Å²) in [7, 11) is -8.21. The number of rotatable bonds is 15. The van der Waals surface area contributed by atoms with Crippen molar-refractivity contribution in [3.8, 4) is 0 Å². The molecule has 0 N–H and O–H groups in total. The molecule has 0 saturated carbocycles. The third-order valence-electron chi connectivity index (χ3n) is 15.9. The quantitative estimate of drug-likeness (QED) is 0.0579. The number of allylic oxidation sites excluding steroid dienone is 4. The Kier molecular flexibility index (Phi) is 36.3. The number of thiophene rings is 2. The van der Waals surface area contributed by atoms with Crippen LogP contribution in [0.25, 0.3) is 4.91 Å². The molecule has 16 rings (SSSR count). The Morgan fingerprint density at radius 2 is 0.431 bits per heavy atom. The van der Waals surface area contributed by atoms with Gasteiger partial charge in [-0.1, -0.05) is 364 Å². The van der Waals surface area contributed by atoms with Crippen LogP contribution in [-0.4, -0.2) is 29.3 Å². The van der Waals surface area contributed by atoms with Crippen LogP contribution in [0.2, 0.25) is 0 Å². The molecular formula is C91H77Br3O4P4PdS6. The maximum absolute atomic E-state index is 11.8. The van der Waals surface area contributed by atoms with Crippen molar-refractivity contribution in [2.75, 3.05) is 12.5 Å². The van der Waals surface area contributed by atoms with Gasteiger partial charge in [-0.15, -0.1) is 46.2 Å². The molecule has 12 aromatic carbocycles. The SMILES string of the molecule is CSc1ccc(C)s1.CSc1ccc(C2=CC=C(Br)S2(=O)=O)s1.O=S1(=O)C(Br)=CC=C1Br.[Pd].c1ccc(P(c2ccccc2)c2ccccc2)cc1.c1ccc(P(c2ccccc2)c2ccccc2)cc1.c1ccc(P(c2ccccc2)c2ccccc2)cc1.c1ccc(P(c2ccccc2)c2ccccc2)cc1. The number of sulfone groups is 2. The fraction of sp³-hybridized carbons (Fsp3) is 0.0330. The molecule has 2 aliphatic heterocycles. The van der Waals surface area contributed by atoms with Crippen molar-refractivity contribution in [3.63, 3.8) is 0 Å². The molecule has 0 saturated heterocycles. The monoisotopic (exact) mass is 1890 g/mol. The van der Waals surface area contributed by atoms with Crippen molar-refractivity contribution in [2.24, 2.45) is 0 Å². The van der Waals surface area contributed by atoms with Crippen molar-refractivity contribution in [1.82, 2.24) is 0 Å². The van der Waals surface area contributed by atoms with Gasteiger partial charge < -0.3 is 0 Å². The summed E-state index contributed by atoms with van der Waals surface area (Å²) in [6.45, 7) is 2.13. The first-order valence-electron chi connectivity index (χ1n) is 34.1. The Balaban J connectivity index is 0.000000149. The maximum Gasteiger partial charge on any atom is 0.219 e. The van der Waals surface area contributed by atoms with Crippen LogP contribution in [-0.2, 0) is 40.1 Å². The van der Waals surface area contributed by atoms with Crippen molar-refractivity contribution >= 4 is 214 Å². The van der Waals surface area contributed by atoms with Gasteiger partial charge in [0, 0.05) is 30.2 Å². The molecule has 552 valence electrons. The van der Waals surface area contributed by atoms with E-state index in [1.165, 1.54) is 96.2 Å². The number of benzene rings is 12. The summed E-state index contributed by atoms with van der Waals surface area (Å²) in [6.07, 6.45) is 10.3. The van der Waals surface area contributed by atoms with Gasteiger partial charge in [0.2, 0.25) is 19.7 Å². The topological polar surface area (TPSA) is 68.3 Å². The second kappa shape index (κ2) is 45.8. The number of halogens is 3. The smallest absolute Gasteiger partial charge is 0.218 e. The summed E-state index contributed by atoms with van der Waals surface area (Å²) in [5, 5.41) is 16.8. The number of hydrogen-bond donors (Lipinski definition) is 0. The van der Waals surface area contributed by atoms with Crippen LogP contribution in [0.4, 0.5) is 0 Å². The second-order valence-electron chi connectivity index (χ2n) is 23.2. The average Bonchev–Trinajstić information content (AvgIpc) is 1.66. The van der Waals surface area contributed by atoms with E-state index in [9.17, 15) is 16.8 Å². The molecule has 0 atom stereocenters. The van der Waals surface area contributed by atoms with Crippen molar-refractivity contribution in [3.05, 3.63) is 434 Å². The first-order chi connectivity index (χ1) is 52.7. The van der Waals surface area contributed by atoms with Crippen molar-refractivity contribution in [2.45, 2.75) is 15.3 Å². The Morgan fingerprint density at radius 1 is 0.248 bits per heavy atom. The van der Waals surface area contributed by atoms with Crippen LogP contribution in [0.15, 0.2) is 432 Å². The number of hydrogen-bond acceptors (Lipinski definition) is 8. The summed E-state index contributed by atoms with van der Waals surface area (Å²) >= 11 is 15.6. The second-order valence-corrected chi connectivity index (χ2v) is 44.6. The van der Waals surface area contributed by atoms with Crippen LogP contribution in [0.5, 0.6) is 0 Å². The molecule has 0 bridgehead atoms. The average molecular weight is 1900 g/mol. The van der Waals surface area contributed by atoms with E-state index in [1.54, 1.807) is 23.9 Å². The van der Waals surface area contributed by atoms with Crippen LogP contribution in [0.3, 0.4) is 0 Å². The van der Waals surface area contributed by atoms with Gasteiger partial charge in [0.05, 0.1) is 13.3 Å². The fourth-order valence-electron chi connectivity index (χ4n) is 10.8. The van der Waals surface area contributed by atoms with Gasteiger partial charge in [-0.05, 0) is 211 Å². The largest absolute Gasteiger partial charge is 0.219 e. The summed E-state index contributed by atoms with van der Waals surface area (Å²) in [5.41, 5.74) is 0. The van der Waals surface area contributed by atoms with E-state index in [-0.39, 0.29) is 31.9 Å². The molecule has 0 fully saturated rings. The molecule has 109 heavy (non-hydrogen) atoms. The third kappa shape index (κ3) is 25.7. The van der Waals surface area contributed by atoms with Crippen LogP contribution < -0.4 is 63.7 Å². The Hall–Kier alpha value is -6.58. The summed E-state index contributed by atoms with van der Waals surface area (Å²) < 4.78 is 48.5. The summed E-state index contributed by atoms with van der Waals surface area (Å²) in [5.74, 6) is 0. The minimum atomic E-state index is -3.27.